The van der Waals surface area contributed by atoms with Crippen molar-refractivity contribution in [1.29, 1.82) is 0 Å². The Morgan fingerprint density at radius 1 is 0.500 bits per heavy atom. The molecule has 4 aliphatic rings. The molecule has 68 heavy (non-hydrogen) atoms. The van der Waals surface area contributed by atoms with Crippen molar-refractivity contribution in [2.45, 2.75) is 26.2 Å². The number of anilines is 2. The topological polar surface area (TPSA) is 167 Å². The highest BCUT2D eigenvalue weighted by molar-refractivity contribution is 6.98. The van der Waals surface area contributed by atoms with Crippen molar-refractivity contribution in [2.75, 3.05) is 66.2 Å². The van der Waals surface area contributed by atoms with E-state index in [9.17, 15) is 39.6 Å². The first kappa shape index (κ1) is 48.5. The van der Waals surface area contributed by atoms with Gasteiger partial charge in [-0.15, -0.1) is 0 Å². The molecule has 0 bridgehead atoms. The maximum Gasteiger partial charge on any atom is 0.336 e. The Kier molecular flexibility index (Phi) is 12.8. The molecule has 2 aliphatic carbocycles. The Hall–Kier alpha value is -7.43. The van der Waals surface area contributed by atoms with Gasteiger partial charge in [-0.2, -0.15) is 0 Å². The van der Waals surface area contributed by atoms with Gasteiger partial charge in [-0.25, -0.2) is 18.7 Å². The van der Waals surface area contributed by atoms with Gasteiger partial charge < -0.3 is 39.8 Å². The predicted molar refractivity (Wildman–Crippen MR) is 272 cm³/mol. The van der Waals surface area contributed by atoms with Crippen LogP contribution in [0.1, 0.15) is 63.7 Å². The molecule has 14 heteroatoms. The molecular formula is C54H56N4O8Si2. The third-order valence-electron chi connectivity index (χ3n) is 13.4. The number of carbonyl (C=O) groups excluding carboxylic acids is 2. The second kappa shape index (κ2) is 18.0. The molecule has 8 rings (SSSR count). The molecule has 12 nitrogen and oxygen atoms in total. The number of rotatable bonds is 8. The van der Waals surface area contributed by atoms with Crippen molar-refractivity contribution in [2.24, 2.45) is 0 Å². The lowest BCUT2D eigenvalue weighted by Crippen LogP contribution is -2.49. The molecule has 0 fully saturated rings. The number of carbonyl (C=O) groups is 4. The molecule has 0 saturated heterocycles. The maximum atomic E-state index is 12.2. The normalized spacial score (nSPS) is 15.9. The zero-order valence-electron chi connectivity index (χ0n) is 40.5. The second-order valence-corrected chi connectivity index (χ2v) is 27.9. The lowest BCUT2D eigenvalue weighted by Gasteiger charge is -2.38. The summed E-state index contributed by atoms with van der Waals surface area (Å²) in [6, 6.07) is 20.8. The predicted octanol–water partition coefficient (Wildman–Crippen LogP) is 4.59. The minimum absolute atomic E-state index is 0.0486. The van der Waals surface area contributed by atoms with Gasteiger partial charge in [0.1, 0.15) is 44.3 Å². The fraction of sp³-hybridized carbons (Fsp3) is 0.222. The van der Waals surface area contributed by atoms with Crippen molar-refractivity contribution in [3.63, 3.8) is 0 Å². The minimum Gasteiger partial charge on any atom is -0.545 e. The Balaban J connectivity index is 0.000000201. The first-order chi connectivity index (χ1) is 31.9. The second-order valence-electron chi connectivity index (χ2n) is 19.2. The van der Waals surface area contributed by atoms with Crippen LogP contribution in [0.15, 0.2) is 131 Å². The van der Waals surface area contributed by atoms with E-state index in [-0.39, 0.29) is 22.3 Å². The van der Waals surface area contributed by atoms with E-state index < -0.39 is 40.0 Å². The number of allylic oxidation sites excluding steroid dienone is 10. The molecule has 4 aromatic carbocycles. The van der Waals surface area contributed by atoms with Gasteiger partial charge in [-0.3, -0.25) is 0 Å². The summed E-state index contributed by atoms with van der Waals surface area (Å²) in [5.74, 6) is -5.02. The molecule has 2 N–H and O–H groups in total. The van der Waals surface area contributed by atoms with Crippen LogP contribution in [0.4, 0.5) is 11.4 Å². The summed E-state index contributed by atoms with van der Waals surface area (Å²) in [5, 5.41) is 47.9. The van der Waals surface area contributed by atoms with E-state index in [4.69, 9.17) is 0 Å². The molecule has 0 radical (unpaired) electrons. The van der Waals surface area contributed by atoms with Gasteiger partial charge in [0.2, 0.25) is 0 Å². The number of carboxylic acid groups (broad SMARTS) is 4. The fourth-order valence-electron chi connectivity index (χ4n) is 9.47. The van der Waals surface area contributed by atoms with Crippen LogP contribution in [0.25, 0.3) is 11.1 Å². The van der Waals surface area contributed by atoms with Crippen LogP contribution in [0.3, 0.4) is 0 Å². The van der Waals surface area contributed by atoms with E-state index >= 15 is 0 Å². The maximum absolute atomic E-state index is 12.2. The van der Waals surface area contributed by atoms with Gasteiger partial charge in [0.25, 0.3) is 0 Å². The minimum atomic E-state index is -2.19. The number of carboxylic acids is 4. The molecule has 0 atom stereocenters. The monoisotopic (exact) mass is 944 g/mol. The third-order valence-corrected chi connectivity index (χ3v) is 20.4. The number of hydrogen-bond acceptors (Lipinski definition) is 8. The molecule has 2 aliphatic heterocycles. The number of hydrogen-bond donors (Lipinski definition) is 2. The van der Waals surface area contributed by atoms with E-state index in [0.717, 1.165) is 56.2 Å². The standard InChI is InChI=1S/2C27H28N2O4Si/c1-28(2)17-8-11-20-23(14-17)34(5,6)24-15-18(29(3)4)9-12-21(24)25(20)22-13-16(26(30)31)7-10-19(22)27(32)33;1-28(2)17-8-11-20-23(14-17)34(5,6)24-15-18(29(3)4)9-12-21(24)25(20)19-10-7-16(26(30)31)13-22(19)27(32)33/h2*7-15H,1-6H3,(H-,30,31,32,33). The summed E-state index contributed by atoms with van der Waals surface area (Å²) in [6.07, 6.45) is 12.6. The largest absolute Gasteiger partial charge is 0.545 e. The molecule has 4 aromatic rings. The first-order valence-electron chi connectivity index (χ1n) is 22.1. The lowest BCUT2D eigenvalue weighted by atomic mass is 9.86. The van der Waals surface area contributed by atoms with Crippen LogP contribution in [0.5, 0.6) is 0 Å². The zero-order chi connectivity index (χ0) is 49.9. The number of nitrogens with zero attached hydrogens (tertiary/aromatic N) is 4. The smallest absolute Gasteiger partial charge is 0.336 e. The van der Waals surface area contributed by atoms with Crippen LogP contribution in [0, 0.1) is 0 Å². The molecule has 0 saturated carbocycles. The van der Waals surface area contributed by atoms with E-state index in [2.05, 4.69) is 81.6 Å². The Morgan fingerprint density at radius 3 is 1.29 bits per heavy atom. The van der Waals surface area contributed by atoms with E-state index in [0.29, 0.717) is 11.1 Å². The molecular weight excluding hydrogens is 889 g/mol. The molecule has 0 aromatic heterocycles. The highest BCUT2D eigenvalue weighted by Crippen LogP contribution is 2.45. The molecule has 348 valence electrons. The van der Waals surface area contributed by atoms with Crippen molar-refractivity contribution >= 4 is 84.3 Å². The van der Waals surface area contributed by atoms with Crippen molar-refractivity contribution in [1.82, 2.24) is 0 Å². The highest BCUT2D eigenvalue weighted by atomic mass is 28.3. The quantitative estimate of drug-likeness (QED) is 0.189. The van der Waals surface area contributed by atoms with Crippen LogP contribution in [-0.4, -0.2) is 127 Å². The van der Waals surface area contributed by atoms with Gasteiger partial charge in [0.05, 0.1) is 23.1 Å². The number of fused-ring (bicyclic) bond motifs is 4. The zero-order valence-corrected chi connectivity index (χ0v) is 42.5. The van der Waals surface area contributed by atoms with Crippen LogP contribution in [0.2, 0.25) is 26.2 Å². The van der Waals surface area contributed by atoms with Crippen molar-refractivity contribution in [3.8, 4) is 0 Å². The fourth-order valence-corrected chi connectivity index (χ4v) is 15.6. The summed E-state index contributed by atoms with van der Waals surface area (Å²) >= 11 is 0. The van der Waals surface area contributed by atoms with Crippen molar-refractivity contribution < 1.29 is 48.8 Å². The van der Waals surface area contributed by atoms with E-state index in [1.807, 2.05) is 92.8 Å². The van der Waals surface area contributed by atoms with E-state index in [1.54, 1.807) is 6.07 Å². The van der Waals surface area contributed by atoms with Gasteiger partial charge >= 0.3 is 11.9 Å². The van der Waals surface area contributed by atoms with Crippen molar-refractivity contribution in [3.05, 3.63) is 175 Å². The number of aromatic carboxylic acids is 4. The van der Waals surface area contributed by atoms with Crippen LogP contribution in [-0.2, 0) is 0 Å². The summed E-state index contributed by atoms with van der Waals surface area (Å²) in [5.41, 5.74) is 10.4. The van der Waals surface area contributed by atoms with Gasteiger partial charge in [0.15, 0.2) is 11.4 Å². The number of benzene rings is 4. The highest BCUT2D eigenvalue weighted by Gasteiger charge is 2.43. The SMILES string of the molecule is CN(C)c1ccc2c(c1)[Si](C)(C)C1=CC(=[N+](C)C)C=CC1=C2c1cc(C(=O)[O-])ccc1C(=O)O.CN(C)c1ccc2c(c1)[Si](C)(C)C1=CC(=[N+](C)C)C=CC1=C2c1ccc(C(=O)[O-])cc1C(=O)O. The Labute approximate surface area is 399 Å². The lowest BCUT2D eigenvalue weighted by molar-refractivity contribution is -0.462. The van der Waals surface area contributed by atoms with Gasteiger partial charge in [-0.05, 0) is 131 Å². The first-order valence-corrected chi connectivity index (χ1v) is 28.1. The summed E-state index contributed by atoms with van der Waals surface area (Å²) in [4.78, 5) is 51.7. The molecule has 2 heterocycles. The summed E-state index contributed by atoms with van der Waals surface area (Å²) in [7, 11) is 11.6. The van der Waals surface area contributed by atoms with Gasteiger partial charge in [0, 0.05) is 63.9 Å². The summed E-state index contributed by atoms with van der Waals surface area (Å²) in [6.45, 7) is 9.24. The average Bonchev–Trinajstić information content (AvgIpc) is 3.28. The van der Waals surface area contributed by atoms with Crippen LogP contribution < -0.4 is 30.4 Å². The van der Waals surface area contributed by atoms with Crippen LogP contribution >= 0.6 is 0 Å². The summed E-state index contributed by atoms with van der Waals surface area (Å²) < 4.78 is 4.11. The third kappa shape index (κ3) is 8.56. The molecule has 0 amide bonds. The molecule has 0 unspecified atom stereocenters. The van der Waals surface area contributed by atoms with E-state index in [1.165, 1.54) is 51.1 Å². The average molecular weight is 945 g/mol. The van der Waals surface area contributed by atoms with Gasteiger partial charge in [-0.1, -0.05) is 56.5 Å². The Morgan fingerprint density at radius 2 is 0.897 bits per heavy atom. The Bertz CT molecular complexity index is 3170. The molecule has 0 spiro atoms.